The number of rotatable bonds is 5. The fourth-order valence-electron chi connectivity index (χ4n) is 1.85. The molecule has 0 aliphatic rings. The first-order valence-electron chi connectivity index (χ1n) is 6.13. The van der Waals surface area contributed by atoms with Crippen molar-refractivity contribution in [3.05, 3.63) is 35.1 Å². The second-order valence-electron chi connectivity index (χ2n) is 4.30. The molecule has 2 rings (SSSR count). The van der Waals surface area contributed by atoms with Crippen molar-refractivity contribution in [3.8, 4) is 0 Å². The molecule has 19 heavy (non-hydrogen) atoms. The number of aromatic amines is 1. The third kappa shape index (κ3) is 3.14. The van der Waals surface area contributed by atoms with Crippen molar-refractivity contribution in [1.82, 2.24) is 25.1 Å². The lowest BCUT2D eigenvalue weighted by Crippen LogP contribution is -2.29. The summed E-state index contributed by atoms with van der Waals surface area (Å²) in [7, 11) is 0. The Bertz CT molecular complexity index is 548. The summed E-state index contributed by atoms with van der Waals surface area (Å²) in [6.07, 6.45) is 4.11. The largest absolute Gasteiger partial charge is 0.342 e. The van der Waals surface area contributed by atoms with Crippen LogP contribution in [0.2, 0.25) is 5.02 Å². The number of hydrogen-bond donors (Lipinski definition) is 2. The average molecular weight is 282 g/mol. The molecular formula is C12H16ClN5O. The monoisotopic (exact) mass is 281 g/mol. The second kappa shape index (κ2) is 5.88. The molecule has 0 spiro atoms. The highest BCUT2D eigenvalue weighted by atomic mass is 35.5. The molecule has 6 nitrogen and oxygen atoms in total. The smallest absolute Gasteiger partial charge is 0.268 e. The van der Waals surface area contributed by atoms with Crippen LogP contribution in [0.3, 0.4) is 0 Å². The van der Waals surface area contributed by atoms with E-state index in [1.54, 1.807) is 12.3 Å². The predicted octanol–water partition coefficient (Wildman–Crippen LogP) is 2.16. The maximum Gasteiger partial charge on any atom is 0.268 e. The van der Waals surface area contributed by atoms with Gasteiger partial charge in [0.15, 0.2) is 0 Å². The molecule has 2 aromatic heterocycles. The highest BCUT2D eigenvalue weighted by molar-refractivity contribution is 6.31. The molecule has 0 aliphatic carbocycles. The van der Waals surface area contributed by atoms with E-state index in [1.807, 2.05) is 18.4 Å². The van der Waals surface area contributed by atoms with Gasteiger partial charge >= 0.3 is 0 Å². The zero-order valence-corrected chi connectivity index (χ0v) is 11.6. The number of carbonyl (C=O) groups excluding carboxylic acids is 1. The molecule has 1 atom stereocenters. The molecule has 2 aromatic rings. The first-order chi connectivity index (χ1) is 9.11. The fraction of sp³-hybridized carbons (Fsp3) is 0.417. The minimum absolute atomic E-state index is 0.177. The lowest BCUT2D eigenvalue weighted by atomic mass is 10.3. The number of carbonyl (C=O) groups is 1. The summed E-state index contributed by atoms with van der Waals surface area (Å²) in [6.45, 7) is 4.64. The Morgan fingerprint density at radius 3 is 3.05 bits per heavy atom. The summed E-state index contributed by atoms with van der Waals surface area (Å²) in [5, 5.41) is 9.91. The Morgan fingerprint density at radius 1 is 1.63 bits per heavy atom. The minimum Gasteiger partial charge on any atom is -0.342 e. The van der Waals surface area contributed by atoms with Crippen molar-refractivity contribution in [2.45, 2.75) is 32.9 Å². The third-order valence-electron chi connectivity index (χ3n) is 2.75. The molecule has 0 aliphatic heterocycles. The van der Waals surface area contributed by atoms with Crippen LogP contribution in [0, 0.1) is 0 Å². The minimum atomic E-state index is -0.237. The van der Waals surface area contributed by atoms with Crippen LogP contribution in [0.4, 0.5) is 0 Å². The molecule has 2 N–H and O–H groups in total. The molecule has 0 fully saturated rings. The van der Waals surface area contributed by atoms with E-state index >= 15 is 0 Å². The van der Waals surface area contributed by atoms with Crippen molar-refractivity contribution in [3.63, 3.8) is 0 Å². The Hall–Kier alpha value is -1.82. The zero-order valence-electron chi connectivity index (χ0n) is 10.9. The van der Waals surface area contributed by atoms with E-state index in [1.165, 1.54) is 6.33 Å². The van der Waals surface area contributed by atoms with Gasteiger partial charge < -0.3 is 9.88 Å². The number of nitrogens with zero attached hydrogens (tertiary/aromatic N) is 3. The molecule has 1 unspecified atom stereocenters. The molecule has 0 saturated carbocycles. The number of aromatic nitrogens is 4. The van der Waals surface area contributed by atoms with E-state index < -0.39 is 0 Å². The van der Waals surface area contributed by atoms with Gasteiger partial charge in [-0.05, 0) is 19.4 Å². The standard InChI is InChI=1S/C12H16ClN5O/c1-3-4-18-6-9(13)5-10(18)12(19)16-8(2)11-14-7-15-17-11/h5-8H,3-4H2,1-2H3,(H,16,19)(H,14,15,17). The van der Waals surface area contributed by atoms with Crippen LogP contribution < -0.4 is 5.32 Å². The van der Waals surface area contributed by atoms with Crippen LogP contribution in [0.25, 0.3) is 0 Å². The number of hydrogen-bond acceptors (Lipinski definition) is 3. The topological polar surface area (TPSA) is 75.6 Å². The van der Waals surface area contributed by atoms with Crippen molar-refractivity contribution in [1.29, 1.82) is 0 Å². The first-order valence-corrected chi connectivity index (χ1v) is 6.51. The van der Waals surface area contributed by atoms with Crippen molar-refractivity contribution in [2.75, 3.05) is 0 Å². The average Bonchev–Trinajstić information content (AvgIpc) is 2.99. The molecule has 0 bridgehead atoms. The Morgan fingerprint density at radius 2 is 2.42 bits per heavy atom. The quantitative estimate of drug-likeness (QED) is 0.882. The summed E-state index contributed by atoms with van der Waals surface area (Å²) >= 11 is 5.95. The van der Waals surface area contributed by atoms with Gasteiger partial charge in [0.1, 0.15) is 17.8 Å². The van der Waals surface area contributed by atoms with Crippen molar-refractivity contribution in [2.24, 2.45) is 0 Å². The van der Waals surface area contributed by atoms with E-state index in [-0.39, 0.29) is 11.9 Å². The molecule has 0 aromatic carbocycles. The summed E-state index contributed by atoms with van der Waals surface area (Å²) < 4.78 is 1.85. The Labute approximate surface area is 116 Å². The zero-order chi connectivity index (χ0) is 13.8. The van der Waals surface area contributed by atoms with Gasteiger partial charge in [0.25, 0.3) is 5.91 Å². The van der Waals surface area contributed by atoms with E-state index in [0.29, 0.717) is 16.5 Å². The summed E-state index contributed by atoms with van der Waals surface area (Å²) in [6, 6.07) is 1.43. The number of amides is 1. The highest BCUT2D eigenvalue weighted by Gasteiger charge is 2.17. The van der Waals surface area contributed by atoms with Crippen LogP contribution >= 0.6 is 11.6 Å². The lowest BCUT2D eigenvalue weighted by molar-refractivity contribution is 0.0929. The molecule has 1 amide bonds. The van der Waals surface area contributed by atoms with Gasteiger partial charge in [0, 0.05) is 12.7 Å². The van der Waals surface area contributed by atoms with Crippen molar-refractivity contribution >= 4 is 17.5 Å². The number of nitrogens with one attached hydrogen (secondary N) is 2. The van der Waals surface area contributed by atoms with Crippen molar-refractivity contribution < 1.29 is 4.79 Å². The van der Waals surface area contributed by atoms with E-state index in [4.69, 9.17) is 11.6 Å². The predicted molar refractivity (Wildman–Crippen MR) is 72.0 cm³/mol. The van der Waals surface area contributed by atoms with Gasteiger partial charge in [0.2, 0.25) is 0 Å². The van der Waals surface area contributed by atoms with Gasteiger partial charge in [-0.2, -0.15) is 5.10 Å². The molecule has 0 saturated heterocycles. The van der Waals surface area contributed by atoms with Crippen LogP contribution in [0.15, 0.2) is 18.6 Å². The molecule has 102 valence electrons. The van der Waals surface area contributed by atoms with Crippen LogP contribution in [0.1, 0.15) is 42.6 Å². The van der Waals surface area contributed by atoms with Gasteiger partial charge in [-0.1, -0.05) is 18.5 Å². The number of halogens is 1. The number of H-pyrrole nitrogens is 1. The molecule has 7 heteroatoms. The highest BCUT2D eigenvalue weighted by Crippen LogP contribution is 2.16. The maximum atomic E-state index is 12.2. The maximum absolute atomic E-state index is 12.2. The molecule has 2 heterocycles. The summed E-state index contributed by atoms with van der Waals surface area (Å²) in [5.74, 6) is 0.442. The van der Waals surface area contributed by atoms with Gasteiger partial charge in [-0.3, -0.25) is 9.89 Å². The third-order valence-corrected chi connectivity index (χ3v) is 2.96. The number of aryl methyl sites for hydroxylation is 1. The Balaban J connectivity index is 2.11. The van der Waals surface area contributed by atoms with Gasteiger partial charge in [0.05, 0.1) is 11.1 Å². The van der Waals surface area contributed by atoms with E-state index in [9.17, 15) is 4.79 Å². The van der Waals surface area contributed by atoms with Crippen LogP contribution in [0.5, 0.6) is 0 Å². The normalized spacial score (nSPS) is 12.4. The SMILES string of the molecule is CCCn1cc(Cl)cc1C(=O)NC(C)c1ncn[nH]1. The van der Waals surface area contributed by atoms with Crippen LogP contribution in [-0.2, 0) is 6.54 Å². The van der Waals surface area contributed by atoms with E-state index in [2.05, 4.69) is 20.5 Å². The first kappa shape index (κ1) is 13.6. The molecule has 0 radical (unpaired) electrons. The lowest BCUT2D eigenvalue weighted by Gasteiger charge is -2.12. The van der Waals surface area contributed by atoms with Gasteiger partial charge in [-0.25, -0.2) is 4.98 Å². The second-order valence-corrected chi connectivity index (χ2v) is 4.74. The molecular weight excluding hydrogens is 266 g/mol. The fourth-order valence-corrected chi connectivity index (χ4v) is 2.07. The van der Waals surface area contributed by atoms with Gasteiger partial charge in [-0.15, -0.1) is 0 Å². The summed E-state index contributed by atoms with van der Waals surface area (Å²) in [5.41, 5.74) is 0.554. The van der Waals surface area contributed by atoms with Crippen LogP contribution in [-0.4, -0.2) is 25.7 Å². The van der Waals surface area contributed by atoms with E-state index in [0.717, 1.165) is 13.0 Å². The summed E-state index contributed by atoms with van der Waals surface area (Å²) in [4.78, 5) is 16.2. The Kier molecular flexibility index (Phi) is 4.21.